The third-order valence-electron chi connectivity index (χ3n) is 7.76. The van der Waals surface area contributed by atoms with E-state index < -0.39 is 96.7 Å². The van der Waals surface area contributed by atoms with Gasteiger partial charge in [-0.1, -0.05) is 151 Å². The van der Waals surface area contributed by atoms with Crippen molar-refractivity contribution in [1.29, 1.82) is 0 Å². The lowest BCUT2D eigenvalue weighted by atomic mass is 9.84. The van der Waals surface area contributed by atoms with Gasteiger partial charge in [0.1, 0.15) is 0 Å². The molecule has 0 amide bonds. The van der Waals surface area contributed by atoms with Crippen LogP contribution in [0.15, 0.2) is 157 Å². The monoisotopic (exact) mass is 547 g/mol. The molecule has 0 saturated carbocycles. The predicted molar refractivity (Wildman–Crippen MR) is 182 cm³/mol. The average Bonchev–Trinajstić information content (AvgIpc) is 3.23. The molecule has 0 radical (unpaired) electrons. The molecule has 9 aromatic carbocycles. The second-order valence-corrected chi connectivity index (χ2v) is 9.92. The SMILES string of the molecule is [2H]c1cc2c(c([2H])c1[2H])c1c([2H])c([2H])c([2H])c([2H])c1c1c([2H])c(-c3c4ccccc4c(-c4c([2H])c([2H])c([2H])c5c([2H])c([2H])c([2H])c([2H])c45)c4ccccc34)c([2H])c([2H])c21. The van der Waals surface area contributed by atoms with Crippen LogP contribution in [-0.4, -0.2) is 0 Å². The highest BCUT2D eigenvalue weighted by Gasteiger charge is 2.18. The van der Waals surface area contributed by atoms with Gasteiger partial charge in [-0.2, -0.15) is 0 Å². The summed E-state index contributed by atoms with van der Waals surface area (Å²) in [5.74, 6) is 0. The third kappa shape index (κ3) is 3.30. The minimum absolute atomic E-state index is 0.00981. The number of benzene rings is 9. The maximum absolute atomic E-state index is 9.92. The van der Waals surface area contributed by atoms with Gasteiger partial charge in [-0.05, 0) is 92.9 Å². The van der Waals surface area contributed by atoms with Gasteiger partial charge in [-0.3, -0.25) is 0 Å². The molecule has 0 N–H and O–H groups in total. The molecular formula is C42H26. The summed E-state index contributed by atoms with van der Waals surface area (Å²) in [6, 6.07) is 5.94. The van der Waals surface area contributed by atoms with Crippen molar-refractivity contribution in [2.24, 2.45) is 0 Å². The Hall–Kier alpha value is -5.46. The van der Waals surface area contributed by atoms with Crippen LogP contribution in [0.1, 0.15) is 23.3 Å². The molecule has 0 bridgehead atoms. The molecule has 194 valence electrons. The van der Waals surface area contributed by atoms with Crippen molar-refractivity contribution < 1.29 is 23.3 Å². The van der Waals surface area contributed by atoms with Gasteiger partial charge in [0.2, 0.25) is 0 Å². The van der Waals surface area contributed by atoms with Crippen LogP contribution in [0.4, 0.5) is 0 Å². The fourth-order valence-corrected chi connectivity index (χ4v) is 6.02. The smallest absolute Gasteiger partial charge is 0.0616 e. The Kier molecular flexibility index (Phi) is 2.62. The third-order valence-corrected chi connectivity index (χ3v) is 7.76. The van der Waals surface area contributed by atoms with Crippen LogP contribution in [0, 0.1) is 0 Å². The summed E-state index contributed by atoms with van der Waals surface area (Å²) in [5.41, 5.74) is 0.443. The molecule has 0 aliphatic rings. The first kappa shape index (κ1) is 12.2. The van der Waals surface area contributed by atoms with Gasteiger partial charge in [0.25, 0.3) is 0 Å². The molecule has 0 heteroatoms. The van der Waals surface area contributed by atoms with Crippen LogP contribution in [0.3, 0.4) is 0 Å². The fourth-order valence-electron chi connectivity index (χ4n) is 6.02. The van der Waals surface area contributed by atoms with E-state index in [1.54, 1.807) is 48.5 Å². The van der Waals surface area contributed by atoms with E-state index in [2.05, 4.69) is 0 Å². The summed E-state index contributed by atoms with van der Waals surface area (Å²) in [6.07, 6.45) is 0. The van der Waals surface area contributed by atoms with Gasteiger partial charge in [0.05, 0.1) is 23.3 Å². The summed E-state index contributed by atoms with van der Waals surface area (Å²) >= 11 is 0. The van der Waals surface area contributed by atoms with Crippen molar-refractivity contribution in [2.75, 3.05) is 0 Å². The fraction of sp³-hybridized carbons (Fsp3) is 0. The maximum Gasteiger partial charge on any atom is 0.0636 e. The standard InChI is InChI=1S/C42H26/c1-2-14-29-27(12-1)13-11-23-35(29)42-38-21-9-7-19-36(38)41(37-20-8-10-22-39(37)42)28-24-25-34-32-17-4-3-15-30(32)31-16-5-6-18-33(31)40(34)26-28/h1-26H/i1D,2D,3D,4D,5D,6D,11D,12D,13D,14D,15D,16D,18D,23D,24D,25D,26D. The maximum atomic E-state index is 9.92. The quantitative estimate of drug-likeness (QED) is 0.149. The molecule has 0 fully saturated rings. The lowest BCUT2D eigenvalue weighted by Gasteiger charge is -2.19. The molecule has 0 atom stereocenters. The Morgan fingerprint density at radius 2 is 0.857 bits per heavy atom. The average molecular weight is 548 g/mol. The van der Waals surface area contributed by atoms with Crippen molar-refractivity contribution in [3.8, 4) is 22.3 Å². The highest BCUT2D eigenvalue weighted by molar-refractivity contribution is 6.27. The van der Waals surface area contributed by atoms with Crippen LogP contribution < -0.4 is 0 Å². The zero-order chi connectivity index (χ0) is 42.4. The van der Waals surface area contributed by atoms with E-state index in [1.807, 2.05) is 0 Å². The van der Waals surface area contributed by atoms with E-state index in [0.29, 0.717) is 27.1 Å². The molecule has 9 aromatic rings. The van der Waals surface area contributed by atoms with Gasteiger partial charge >= 0.3 is 0 Å². The van der Waals surface area contributed by atoms with E-state index >= 15 is 0 Å². The predicted octanol–water partition coefficient (Wildman–Crippen LogP) is 11.9. The molecule has 0 heterocycles. The molecular weight excluding hydrogens is 504 g/mol. The highest BCUT2D eigenvalue weighted by atomic mass is 14.2. The first-order valence-electron chi connectivity index (χ1n) is 21.7. The molecule has 0 spiro atoms. The van der Waals surface area contributed by atoms with Gasteiger partial charge in [0, 0.05) is 0 Å². The lowest BCUT2D eigenvalue weighted by molar-refractivity contribution is 1.69. The zero-order valence-corrected chi connectivity index (χ0v) is 21.7. The summed E-state index contributed by atoms with van der Waals surface area (Å²) in [7, 11) is 0. The van der Waals surface area contributed by atoms with Crippen LogP contribution in [0.2, 0.25) is 0 Å². The first-order valence-corrected chi connectivity index (χ1v) is 13.2. The molecule has 0 saturated heterocycles. The molecule has 42 heavy (non-hydrogen) atoms. The van der Waals surface area contributed by atoms with Gasteiger partial charge in [0.15, 0.2) is 0 Å². The van der Waals surface area contributed by atoms with Crippen molar-refractivity contribution in [3.05, 3.63) is 157 Å². The van der Waals surface area contributed by atoms with Gasteiger partial charge < -0.3 is 0 Å². The van der Waals surface area contributed by atoms with Crippen LogP contribution in [0.5, 0.6) is 0 Å². The largest absolute Gasteiger partial charge is 0.0636 e. The summed E-state index contributed by atoms with van der Waals surface area (Å²) in [4.78, 5) is 0. The molecule has 9 rings (SSSR count). The van der Waals surface area contributed by atoms with Crippen molar-refractivity contribution in [3.63, 3.8) is 0 Å². The van der Waals surface area contributed by atoms with Crippen molar-refractivity contribution >= 4 is 64.6 Å². The second kappa shape index (κ2) is 9.03. The van der Waals surface area contributed by atoms with Crippen molar-refractivity contribution in [2.45, 2.75) is 0 Å². The molecule has 0 aliphatic carbocycles. The molecule has 0 aromatic heterocycles. The Labute approximate surface area is 268 Å². The summed E-state index contributed by atoms with van der Waals surface area (Å²) in [5, 5.41) is 0.508. The molecule has 0 aliphatic heterocycles. The second-order valence-electron chi connectivity index (χ2n) is 9.92. The van der Waals surface area contributed by atoms with Crippen LogP contribution in [0.25, 0.3) is 86.9 Å². The van der Waals surface area contributed by atoms with E-state index in [9.17, 15) is 5.48 Å². The minimum atomic E-state index is -0.635. The van der Waals surface area contributed by atoms with Gasteiger partial charge in [-0.15, -0.1) is 0 Å². The number of hydrogen-bond acceptors (Lipinski definition) is 0. The molecule has 0 nitrogen and oxygen atoms in total. The Bertz CT molecular complexity index is 3400. The van der Waals surface area contributed by atoms with Crippen LogP contribution in [-0.2, 0) is 0 Å². The Balaban J connectivity index is 1.55. The Morgan fingerprint density at radius 3 is 1.57 bits per heavy atom. The summed E-state index contributed by atoms with van der Waals surface area (Å²) in [6.45, 7) is 0. The number of fused-ring (bicyclic) bond motifs is 9. The van der Waals surface area contributed by atoms with E-state index in [4.69, 9.17) is 17.8 Å². The highest BCUT2D eigenvalue weighted by Crippen LogP contribution is 2.46. The lowest BCUT2D eigenvalue weighted by Crippen LogP contribution is -1.92. The van der Waals surface area contributed by atoms with Crippen molar-refractivity contribution in [1.82, 2.24) is 0 Å². The van der Waals surface area contributed by atoms with Gasteiger partial charge in [-0.25, -0.2) is 0 Å². The number of rotatable bonds is 2. The van der Waals surface area contributed by atoms with E-state index in [0.717, 1.165) is 0 Å². The minimum Gasteiger partial charge on any atom is -0.0616 e. The normalized spacial score (nSPS) is 17.5. The van der Waals surface area contributed by atoms with Crippen LogP contribution >= 0.6 is 0 Å². The summed E-state index contributed by atoms with van der Waals surface area (Å²) < 4.78 is 151. The number of hydrogen-bond donors (Lipinski definition) is 0. The topological polar surface area (TPSA) is 0 Å². The Morgan fingerprint density at radius 1 is 0.333 bits per heavy atom. The zero-order valence-electron chi connectivity index (χ0n) is 38.7. The molecule has 0 unspecified atom stereocenters. The van der Waals surface area contributed by atoms with E-state index in [1.165, 1.54) is 6.07 Å². The van der Waals surface area contributed by atoms with E-state index in [-0.39, 0.29) is 65.8 Å². The first-order chi connectivity index (χ1) is 27.9.